The Morgan fingerprint density at radius 1 is 1.28 bits per heavy atom. The lowest BCUT2D eigenvalue weighted by Gasteiger charge is -1.95. The molecule has 4 heteroatoms. The van der Waals surface area contributed by atoms with Crippen molar-refractivity contribution in [1.29, 1.82) is 0 Å². The lowest BCUT2D eigenvalue weighted by Crippen LogP contribution is -2.01. The molecule has 0 N–H and O–H groups in total. The Morgan fingerprint density at radius 3 is 2.56 bits per heavy atom. The molecule has 0 amide bonds. The van der Waals surface area contributed by atoms with Crippen molar-refractivity contribution in [2.45, 2.75) is 20.3 Å². The topological polar surface area (TPSA) is 52.3 Å². The highest BCUT2D eigenvalue weighted by Gasteiger charge is 2.12. The van der Waals surface area contributed by atoms with Crippen molar-refractivity contribution in [3.63, 3.8) is 0 Å². The second-order valence-corrected chi connectivity index (χ2v) is 3.28. The normalized spacial score (nSPS) is 9.28. The Morgan fingerprint density at radius 2 is 1.94 bits per heavy atom. The van der Waals surface area contributed by atoms with Crippen LogP contribution in [0.1, 0.15) is 35.8 Å². The van der Waals surface area contributed by atoms with E-state index in [1.807, 2.05) is 44.2 Å². The molecule has 2 aromatic rings. The molecule has 0 aliphatic heterocycles. The van der Waals surface area contributed by atoms with Gasteiger partial charge in [-0.05, 0) is 5.56 Å². The van der Waals surface area contributed by atoms with Gasteiger partial charge in [-0.2, -0.15) is 0 Å². The highest BCUT2D eigenvalue weighted by molar-refractivity contribution is 5.86. The van der Waals surface area contributed by atoms with Crippen LogP contribution in [0.5, 0.6) is 0 Å². The van der Waals surface area contributed by atoms with Gasteiger partial charge in [0.15, 0.2) is 11.6 Å². The van der Waals surface area contributed by atoms with Crippen LogP contribution in [-0.2, 0) is 11.2 Å². The lowest BCUT2D eigenvalue weighted by molar-refractivity contribution is 0.0594. The van der Waals surface area contributed by atoms with Crippen LogP contribution in [0.4, 0.5) is 0 Å². The summed E-state index contributed by atoms with van der Waals surface area (Å²) in [5.74, 6) is 0.0228. The number of methoxy groups -OCH3 is 1. The molecule has 96 valence electrons. The maximum atomic E-state index is 11.1. The first-order valence-corrected chi connectivity index (χ1v) is 5.86. The average Bonchev–Trinajstić information content (AvgIpc) is 2.90. The fourth-order valence-electron chi connectivity index (χ4n) is 1.36. The van der Waals surface area contributed by atoms with Gasteiger partial charge in [0.2, 0.25) is 0 Å². The number of carbonyl (C=O) groups excluding carboxylic acids is 1. The van der Waals surface area contributed by atoms with Crippen LogP contribution in [0.2, 0.25) is 0 Å². The zero-order valence-electron chi connectivity index (χ0n) is 10.8. The van der Waals surface area contributed by atoms with Gasteiger partial charge in [0.05, 0.1) is 7.11 Å². The number of aromatic nitrogens is 1. The first-order valence-electron chi connectivity index (χ1n) is 5.86. The van der Waals surface area contributed by atoms with Gasteiger partial charge in [0.1, 0.15) is 6.26 Å². The van der Waals surface area contributed by atoms with Crippen molar-refractivity contribution in [2.75, 3.05) is 7.11 Å². The Kier molecular flexibility index (Phi) is 5.64. The standard InChI is InChI=1S/C12H11NO3.C2H6/c1-15-12(14)10-8-16-11(13-10)7-9-5-3-2-4-6-9;1-2/h2-6,8H,7H2,1H3;1-2H3. The molecule has 18 heavy (non-hydrogen) atoms. The third-order valence-corrected chi connectivity index (χ3v) is 2.14. The summed E-state index contributed by atoms with van der Waals surface area (Å²) in [5, 5.41) is 0. The van der Waals surface area contributed by atoms with Gasteiger partial charge in [-0.1, -0.05) is 44.2 Å². The second-order valence-electron chi connectivity index (χ2n) is 3.28. The van der Waals surface area contributed by atoms with E-state index < -0.39 is 5.97 Å². The largest absolute Gasteiger partial charge is 0.464 e. The van der Waals surface area contributed by atoms with Crippen molar-refractivity contribution in [3.8, 4) is 0 Å². The van der Waals surface area contributed by atoms with Crippen molar-refractivity contribution < 1.29 is 13.9 Å². The number of oxazole rings is 1. The van der Waals surface area contributed by atoms with Crippen LogP contribution in [0.15, 0.2) is 41.0 Å². The maximum absolute atomic E-state index is 11.1. The zero-order chi connectivity index (χ0) is 13.4. The molecule has 1 aromatic heterocycles. The summed E-state index contributed by atoms with van der Waals surface area (Å²) in [6.45, 7) is 4.00. The first kappa shape index (κ1) is 14.0. The number of nitrogens with zero attached hydrogens (tertiary/aromatic N) is 1. The minimum Gasteiger partial charge on any atom is -0.464 e. The molecule has 0 radical (unpaired) electrons. The Hall–Kier alpha value is -2.10. The van der Waals surface area contributed by atoms with Crippen molar-refractivity contribution in [3.05, 3.63) is 53.7 Å². The number of ether oxygens (including phenoxy) is 1. The molecule has 0 saturated heterocycles. The van der Waals surface area contributed by atoms with Crippen LogP contribution in [0, 0.1) is 0 Å². The second kappa shape index (κ2) is 7.27. The van der Waals surface area contributed by atoms with Crippen molar-refractivity contribution >= 4 is 5.97 Å². The summed E-state index contributed by atoms with van der Waals surface area (Å²) in [6, 6.07) is 9.78. The maximum Gasteiger partial charge on any atom is 0.360 e. The fourth-order valence-corrected chi connectivity index (χ4v) is 1.36. The van der Waals surface area contributed by atoms with Gasteiger partial charge in [-0.3, -0.25) is 0 Å². The molecule has 0 bridgehead atoms. The molecule has 4 nitrogen and oxygen atoms in total. The van der Waals surface area contributed by atoms with E-state index in [1.54, 1.807) is 0 Å². The highest BCUT2D eigenvalue weighted by Crippen LogP contribution is 2.09. The fraction of sp³-hybridized carbons (Fsp3) is 0.286. The quantitative estimate of drug-likeness (QED) is 0.782. The third kappa shape index (κ3) is 3.73. The summed E-state index contributed by atoms with van der Waals surface area (Å²) in [7, 11) is 1.31. The minimum absolute atomic E-state index is 0.202. The van der Waals surface area contributed by atoms with Crippen LogP contribution in [0.3, 0.4) is 0 Å². The van der Waals surface area contributed by atoms with Crippen LogP contribution in [0.25, 0.3) is 0 Å². The third-order valence-electron chi connectivity index (χ3n) is 2.14. The van der Waals surface area contributed by atoms with E-state index in [0.29, 0.717) is 12.3 Å². The van der Waals surface area contributed by atoms with E-state index in [9.17, 15) is 4.79 Å². The number of esters is 1. The molecular formula is C14H17NO3. The van der Waals surface area contributed by atoms with E-state index in [2.05, 4.69) is 9.72 Å². The summed E-state index contributed by atoms with van der Waals surface area (Å²) in [4.78, 5) is 15.2. The van der Waals surface area contributed by atoms with Gasteiger partial charge in [0.25, 0.3) is 0 Å². The number of benzene rings is 1. The first-order chi connectivity index (χ1) is 8.79. The number of rotatable bonds is 3. The molecule has 0 saturated carbocycles. The molecule has 0 aliphatic rings. The van der Waals surface area contributed by atoms with E-state index in [0.717, 1.165) is 5.56 Å². The molecule has 0 unspecified atom stereocenters. The van der Waals surface area contributed by atoms with Gasteiger partial charge >= 0.3 is 5.97 Å². The van der Waals surface area contributed by atoms with Crippen molar-refractivity contribution in [2.24, 2.45) is 0 Å². The molecule has 0 fully saturated rings. The summed E-state index contributed by atoms with van der Waals surface area (Å²) < 4.78 is 9.72. The number of hydrogen-bond acceptors (Lipinski definition) is 4. The number of carbonyl (C=O) groups is 1. The van der Waals surface area contributed by atoms with Gasteiger partial charge in [-0.15, -0.1) is 0 Å². The van der Waals surface area contributed by atoms with Crippen LogP contribution >= 0.6 is 0 Å². The Balaban J connectivity index is 0.000000771. The molecular weight excluding hydrogens is 230 g/mol. The highest BCUT2D eigenvalue weighted by atomic mass is 16.5. The van der Waals surface area contributed by atoms with Gasteiger partial charge in [-0.25, -0.2) is 9.78 Å². The Bertz CT molecular complexity index is 477. The molecule has 0 aliphatic carbocycles. The Labute approximate surface area is 107 Å². The van der Waals surface area contributed by atoms with Crippen LogP contribution in [-0.4, -0.2) is 18.1 Å². The lowest BCUT2D eigenvalue weighted by atomic mass is 10.1. The number of hydrogen-bond donors (Lipinski definition) is 0. The average molecular weight is 247 g/mol. The summed E-state index contributed by atoms with van der Waals surface area (Å²) in [5.41, 5.74) is 1.29. The van der Waals surface area contributed by atoms with Crippen molar-refractivity contribution in [1.82, 2.24) is 4.98 Å². The van der Waals surface area contributed by atoms with E-state index in [1.165, 1.54) is 13.4 Å². The van der Waals surface area contributed by atoms with Gasteiger partial charge in [0, 0.05) is 6.42 Å². The monoisotopic (exact) mass is 247 g/mol. The van der Waals surface area contributed by atoms with Crippen LogP contribution < -0.4 is 0 Å². The predicted molar refractivity (Wildman–Crippen MR) is 68.4 cm³/mol. The predicted octanol–water partition coefficient (Wildman–Crippen LogP) is 3.08. The summed E-state index contributed by atoms with van der Waals surface area (Å²) in [6.07, 6.45) is 1.88. The summed E-state index contributed by atoms with van der Waals surface area (Å²) >= 11 is 0. The smallest absolute Gasteiger partial charge is 0.360 e. The molecule has 1 heterocycles. The van der Waals surface area contributed by atoms with E-state index >= 15 is 0 Å². The van der Waals surface area contributed by atoms with E-state index in [4.69, 9.17) is 4.42 Å². The molecule has 1 aromatic carbocycles. The van der Waals surface area contributed by atoms with E-state index in [-0.39, 0.29) is 5.69 Å². The molecule has 2 rings (SSSR count). The zero-order valence-corrected chi connectivity index (χ0v) is 10.8. The van der Waals surface area contributed by atoms with Gasteiger partial charge < -0.3 is 9.15 Å². The minimum atomic E-state index is -0.483. The SMILES string of the molecule is CC.COC(=O)c1coc(Cc2ccccc2)n1. The molecule has 0 spiro atoms. The molecule has 0 atom stereocenters.